The number of amides is 2. The van der Waals surface area contributed by atoms with Gasteiger partial charge in [0.2, 0.25) is 17.7 Å². The van der Waals surface area contributed by atoms with Crippen molar-refractivity contribution >= 4 is 39.9 Å². The fourth-order valence-electron chi connectivity index (χ4n) is 4.49. The number of urea groups is 1. The minimum Gasteiger partial charge on any atom is -0.492 e. The second kappa shape index (κ2) is 11.3. The number of para-hydroxylation sites is 1. The molecule has 10 nitrogen and oxygen atoms in total. The summed E-state index contributed by atoms with van der Waals surface area (Å²) < 4.78 is 7.64. The van der Waals surface area contributed by atoms with Gasteiger partial charge in [-0.05, 0) is 49.7 Å². The van der Waals surface area contributed by atoms with Crippen LogP contribution in [0.5, 0.6) is 17.5 Å². The van der Waals surface area contributed by atoms with Crippen LogP contribution < -0.4 is 20.7 Å². The van der Waals surface area contributed by atoms with Crippen LogP contribution in [0.1, 0.15) is 11.1 Å². The lowest BCUT2D eigenvalue weighted by molar-refractivity contribution is 0.262. The fraction of sp³-hybridized carbons (Fsp3) is 0.0625. The van der Waals surface area contributed by atoms with Gasteiger partial charge in [-0.2, -0.15) is 4.98 Å². The van der Waals surface area contributed by atoms with Crippen LogP contribution in [0.4, 0.5) is 27.9 Å². The Hall–Kier alpha value is -5.90. The van der Waals surface area contributed by atoms with Gasteiger partial charge in [0.1, 0.15) is 11.6 Å². The van der Waals surface area contributed by atoms with Crippen molar-refractivity contribution in [2.24, 2.45) is 0 Å². The zero-order valence-corrected chi connectivity index (χ0v) is 22.9. The first kappa shape index (κ1) is 26.3. The molecule has 0 aliphatic carbocycles. The first-order valence-electron chi connectivity index (χ1n) is 13.2. The van der Waals surface area contributed by atoms with E-state index in [2.05, 4.69) is 31.0 Å². The molecule has 0 saturated heterocycles. The summed E-state index contributed by atoms with van der Waals surface area (Å²) in [5, 5.41) is 24.6. The van der Waals surface area contributed by atoms with E-state index in [1.165, 1.54) is 10.7 Å². The van der Waals surface area contributed by atoms with Crippen LogP contribution in [0.25, 0.3) is 16.5 Å². The molecule has 10 heteroatoms. The monoisotopic (exact) mass is 557 g/mol. The highest BCUT2D eigenvalue weighted by molar-refractivity contribution is 6.07. The van der Waals surface area contributed by atoms with E-state index in [-0.39, 0.29) is 5.88 Å². The highest BCUT2D eigenvalue weighted by atomic mass is 16.5. The number of aromatic nitrogens is 4. The molecule has 42 heavy (non-hydrogen) atoms. The minimum atomic E-state index is -0.496. The highest BCUT2D eigenvalue weighted by Crippen LogP contribution is 2.34. The summed E-state index contributed by atoms with van der Waals surface area (Å²) in [6, 6.07) is 29.1. The molecule has 2 amide bonds. The third kappa shape index (κ3) is 5.68. The molecule has 0 unspecified atom stereocenters. The van der Waals surface area contributed by atoms with Crippen molar-refractivity contribution in [2.45, 2.75) is 13.8 Å². The van der Waals surface area contributed by atoms with Crippen LogP contribution >= 0.6 is 0 Å². The van der Waals surface area contributed by atoms with Crippen molar-refractivity contribution in [1.82, 2.24) is 19.7 Å². The van der Waals surface area contributed by atoms with Crippen LogP contribution in [0.2, 0.25) is 0 Å². The van der Waals surface area contributed by atoms with Crippen molar-refractivity contribution < 1.29 is 14.6 Å². The maximum atomic E-state index is 13.1. The number of carbonyl (C=O) groups is 1. The summed E-state index contributed by atoms with van der Waals surface area (Å²) in [5.74, 6) is 1.46. The summed E-state index contributed by atoms with van der Waals surface area (Å²) in [6.07, 6.45) is 1.63. The van der Waals surface area contributed by atoms with Gasteiger partial charge < -0.3 is 20.5 Å². The van der Waals surface area contributed by atoms with E-state index in [9.17, 15) is 9.90 Å². The summed E-state index contributed by atoms with van der Waals surface area (Å²) in [4.78, 5) is 21.9. The van der Waals surface area contributed by atoms with Crippen LogP contribution in [0, 0.1) is 13.8 Å². The number of aryl methyl sites for hydroxylation is 2. The molecule has 0 spiro atoms. The molecule has 0 saturated carbocycles. The Kier molecular flexibility index (Phi) is 7.08. The number of benzene rings is 4. The van der Waals surface area contributed by atoms with E-state index in [1.807, 2.05) is 86.6 Å². The predicted octanol–water partition coefficient (Wildman–Crippen LogP) is 7.32. The number of nitrogens with one attached hydrogen (secondary N) is 3. The molecule has 208 valence electrons. The lowest BCUT2D eigenvalue weighted by Crippen LogP contribution is -2.21. The van der Waals surface area contributed by atoms with Crippen molar-refractivity contribution in [3.8, 4) is 23.2 Å². The van der Waals surface area contributed by atoms with E-state index in [0.717, 1.165) is 27.6 Å². The second-order valence-electron chi connectivity index (χ2n) is 9.63. The Labute approximate surface area is 241 Å². The molecule has 2 aromatic heterocycles. The quantitative estimate of drug-likeness (QED) is 0.162. The third-order valence-electron chi connectivity index (χ3n) is 6.58. The predicted molar refractivity (Wildman–Crippen MR) is 163 cm³/mol. The standard InChI is InChI=1S/C32H27N7O3/c1-20-11-13-22(14-12-20)39-28(19-29(40)38-39)36-32(41)35-26-15-16-27(24-9-5-4-8-23(24)26)42-30-17-18-33-31(37-30)34-25-10-6-3-7-21(25)2/h3-19H,1-2H3,(H,38,40)(H,33,34,37)(H2,35,36,41). The molecular weight excluding hydrogens is 530 g/mol. The van der Waals surface area contributed by atoms with E-state index < -0.39 is 6.03 Å². The number of aromatic hydroxyl groups is 1. The molecule has 6 rings (SSSR count). The molecular formula is C32H27N7O3. The number of nitrogens with zero attached hydrogens (tertiary/aromatic N) is 4. The van der Waals surface area contributed by atoms with Crippen LogP contribution in [-0.4, -0.2) is 30.9 Å². The number of carbonyl (C=O) groups excluding carboxylic acids is 1. The van der Waals surface area contributed by atoms with E-state index >= 15 is 0 Å². The largest absolute Gasteiger partial charge is 0.492 e. The summed E-state index contributed by atoms with van der Waals surface area (Å²) in [5.41, 5.74) is 4.34. The number of fused-ring (bicyclic) bond motifs is 1. The molecule has 0 fully saturated rings. The van der Waals surface area contributed by atoms with Gasteiger partial charge in [-0.15, -0.1) is 5.10 Å². The van der Waals surface area contributed by atoms with E-state index in [1.54, 1.807) is 24.4 Å². The number of rotatable bonds is 7. The lowest BCUT2D eigenvalue weighted by Gasteiger charge is -2.14. The number of ether oxygens (including phenoxy) is 1. The van der Waals surface area contributed by atoms with Crippen LogP contribution in [-0.2, 0) is 0 Å². The summed E-state index contributed by atoms with van der Waals surface area (Å²) in [6.45, 7) is 3.99. The first-order valence-corrected chi connectivity index (χ1v) is 13.2. The summed E-state index contributed by atoms with van der Waals surface area (Å²) >= 11 is 0. The summed E-state index contributed by atoms with van der Waals surface area (Å²) in [7, 11) is 0. The minimum absolute atomic E-state index is 0.209. The molecule has 6 aromatic rings. The van der Waals surface area contributed by atoms with Gasteiger partial charge in [0, 0.05) is 34.8 Å². The Morgan fingerprint density at radius 1 is 0.833 bits per heavy atom. The van der Waals surface area contributed by atoms with Crippen molar-refractivity contribution in [1.29, 1.82) is 0 Å². The zero-order chi connectivity index (χ0) is 29.1. The molecule has 0 bridgehead atoms. The molecule has 0 atom stereocenters. The van der Waals surface area contributed by atoms with Gasteiger partial charge in [0.05, 0.1) is 11.4 Å². The Bertz CT molecular complexity index is 1900. The van der Waals surface area contributed by atoms with Crippen LogP contribution in [0.15, 0.2) is 103 Å². The lowest BCUT2D eigenvalue weighted by atomic mass is 10.1. The highest BCUT2D eigenvalue weighted by Gasteiger charge is 2.15. The van der Waals surface area contributed by atoms with Gasteiger partial charge in [-0.25, -0.2) is 14.5 Å². The van der Waals surface area contributed by atoms with Crippen molar-refractivity contribution in [2.75, 3.05) is 16.0 Å². The zero-order valence-electron chi connectivity index (χ0n) is 22.9. The molecule has 0 aliphatic heterocycles. The van der Waals surface area contributed by atoms with Gasteiger partial charge in [0.15, 0.2) is 0 Å². The molecule has 4 aromatic carbocycles. The SMILES string of the molecule is Cc1ccc(-n2nc(O)cc2NC(=O)Nc2ccc(Oc3ccnc(Nc4ccccc4C)n3)c3ccccc23)cc1. The Morgan fingerprint density at radius 2 is 1.60 bits per heavy atom. The maximum absolute atomic E-state index is 13.1. The van der Waals surface area contributed by atoms with E-state index in [0.29, 0.717) is 34.8 Å². The average molecular weight is 558 g/mol. The topological polar surface area (TPSA) is 126 Å². The molecule has 4 N–H and O–H groups in total. The number of anilines is 4. The second-order valence-corrected chi connectivity index (χ2v) is 9.63. The number of hydrogen-bond acceptors (Lipinski definition) is 7. The van der Waals surface area contributed by atoms with Gasteiger partial charge in [-0.3, -0.25) is 5.32 Å². The molecule has 0 aliphatic rings. The van der Waals surface area contributed by atoms with Gasteiger partial charge in [-0.1, -0.05) is 60.2 Å². The van der Waals surface area contributed by atoms with E-state index in [4.69, 9.17) is 4.74 Å². The van der Waals surface area contributed by atoms with Crippen LogP contribution in [0.3, 0.4) is 0 Å². The van der Waals surface area contributed by atoms with Crippen molar-refractivity contribution in [3.63, 3.8) is 0 Å². The van der Waals surface area contributed by atoms with Crippen molar-refractivity contribution in [3.05, 3.63) is 114 Å². The Morgan fingerprint density at radius 3 is 2.40 bits per heavy atom. The average Bonchev–Trinajstić information content (AvgIpc) is 3.35. The number of hydrogen-bond donors (Lipinski definition) is 4. The smallest absolute Gasteiger partial charge is 0.324 e. The van der Waals surface area contributed by atoms with Gasteiger partial charge >= 0.3 is 6.03 Å². The molecule has 2 heterocycles. The Balaban J connectivity index is 1.22. The third-order valence-corrected chi connectivity index (χ3v) is 6.58. The molecule has 0 radical (unpaired) electrons. The maximum Gasteiger partial charge on any atom is 0.324 e. The first-order chi connectivity index (χ1) is 20.4. The fourth-order valence-corrected chi connectivity index (χ4v) is 4.49. The normalized spacial score (nSPS) is 10.8. The van der Waals surface area contributed by atoms with Gasteiger partial charge in [0.25, 0.3) is 0 Å².